The van der Waals surface area contributed by atoms with E-state index in [1.165, 1.54) is 33.5 Å². The Morgan fingerprint density at radius 2 is 1.57 bits per heavy atom. The van der Waals surface area contributed by atoms with Gasteiger partial charge in [-0.1, -0.05) is 0 Å². The van der Waals surface area contributed by atoms with Crippen molar-refractivity contribution in [2.45, 2.75) is 25.3 Å². The standard InChI is InChI=1S/C30H31FN2O7/c1-35-26-10-8-21(15-27(26)36-2)40-25-9-7-20(14-23(25)31)38-12-5-13-39-29-17-24-22(16-28(29)37-3)30(34)33-11-4-6-19(33)18-32-24/h7-10,14-19H,4-6,11-13H2,1-3H3/t19-/m0/s1. The van der Waals surface area contributed by atoms with Crippen LogP contribution < -0.4 is 28.4 Å². The molecule has 210 valence electrons. The van der Waals surface area contributed by atoms with Gasteiger partial charge in [-0.05, 0) is 43.2 Å². The van der Waals surface area contributed by atoms with Crippen LogP contribution in [-0.4, -0.2) is 64.2 Å². The molecule has 9 nitrogen and oxygen atoms in total. The van der Waals surface area contributed by atoms with Crippen LogP contribution >= 0.6 is 0 Å². The molecule has 1 saturated heterocycles. The topological polar surface area (TPSA) is 88.1 Å². The van der Waals surface area contributed by atoms with Gasteiger partial charge in [0.2, 0.25) is 0 Å². The summed E-state index contributed by atoms with van der Waals surface area (Å²) in [4.78, 5) is 19.4. The first-order chi connectivity index (χ1) is 19.5. The fourth-order valence-corrected chi connectivity index (χ4v) is 4.71. The van der Waals surface area contributed by atoms with Gasteiger partial charge in [0.1, 0.15) is 11.5 Å². The highest BCUT2D eigenvalue weighted by Gasteiger charge is 2.32. The molecule has 2 heterocycles. The summed E-state index contributed by atoms with van der Waals surface area (Å²) < 4.78 is 47.9. The summed E-state index contributed by atoms with van der Waals surface area (Å²) in [5.74, 6) is 2.22. The smallest absolute Gasteiger partial charge is 0.256 e. The van der Waals surface area contributed by atoms with Crippen molar-refractivity contribution in [1.29, 1.82) is 0 Å². The number of hydrogen-bond acceptors (Lipinski definition) is 8. The first-order valence-electron chi connectivity index (χ1n) is 13.0. The number of halogens is 1. The third kappa shape index (κ3) is 5.75. The summed E-state index contributed by atoms with van der Waals surface area (Å²) in [5, 5.41) is 0. The predicted molar refractivity (Wildman–Crippen MR) is 147 cm³/mol. The second-order valence-electron chi connectivity index (χ2n) is 9.27. The lowest BCUT2D eigenvalue weighted by molar-refractivity contribution is 0.0774. The van der Waals surface area contributed by atoms with Crippen molar-refractivity contribution in [2.75, 3.05) is 41.1 Å². The second kappa shape index (κ2) is 12.1. The number of amides is 1. The number of methoxy groups -OCH3 is 3. The molecule has 0 N–H and O–H groups in total. The average Bonchev–Trinajstić information content (AvgIpc) is 3.40. The van der Waals surface area contributed by atoms with Crippen molar-refractivity contribution < 1.29 is 37.6 Å². The highest BCUT2D eigenvalue weighted by molar-refractivity contribution is 6.03. The SMILES string of the molecule is COc1ccc(Oc2ccc(OCCCOc3cc4c(cc3OC)C(=O)N3CCC[C@H]3C=N4)cc2F)cc1OC. The van der Waals surface area contributed by atoms with Gasteiger partial charge in [-0.2, -0.15) is 0 Å². The van der Waals surface area contributed by atoms with E-state index in [9.17, 15) is 9.18 Å². The highest BCUT2D eigenvalue weighted by atomic mass is 19.1. The highest BCUT2D eigenvalue weighted by Crippen LogP contribution is 2.38. The number of hydrogen-bond donors (Lipinski definition) is 0. The van der Waals surface area contributed by atoms with Crippen LogP contribution in [0.1, 0.15) is 29.6 Å². The summed E-state index contributed by atoms with van der Waals surface area (Å²) in [6.45, 7) is 1.35. The fourth-order valence-electron chi connectivity index (χ4n) is 4.71. The molecule has 2 aliphatic heterocycles. The maximum absolute atomic E-state index is 14.7. The third-order valence-corrected chi connectivity index (χ3v) is 6.76. The normalized spacial score (nSPS) is 15.7. The fraction of sp³-hybridized carbons (Fsp3) is 0.333. The van der Waals surface area contributed by atoms with E-state index in [1.54, 1.807) is 36.4 Å². The first kappa shape index (κ1) is 27.1. The number of aliphatic imine (C=N–C) groups is 1. The zero-order chi connectivity index (χ0) is 28.1. The Hall–Kier alpha value is -4.47. The van der Waals surface area contributed by atoms with E-state index in [-0.39, 0.29) is 17.7 Å². The molecule has 10 heteroatoms. The first-order valence-corrected chi connectivity index (χ1v) is 13.0. The minimum absolute atomic E-state index is 0.0313. The molecule has 0 aromatic heterocycles. The van der Waals surface area contributed by atoms with Crippen molar-refractivity contribution in [3.63, 3.8) is 0 Å². The molecule has 0 bridgehead atoms. The summed E-state index contributed by atoms with van der Waals surface area (Å²) in [6, 6.07) is 12.8. The van der Waals surface area contributed by atoms with Gasteiger partial charge < -0.3 is 33.3 Å². The maximum atomic E-state index is 14.7. The van der Waals surface area contributed by atoms with E-state index in [2.05, 4.69) is 4.99 Å². The van der Waals surface area contributed by atoms with Gasteiger partial charge in [0.15, 0.2) is 34.6 Å². The van der Waals surface area contributed by atoms with E-state index in [0.717, 1.165) is 19.4 Å². The van der Waals surface area contributed by atoms with Crippen LogP contribution in [0.5, 0.6) is 40.2 Å². The molecule has 40 heavy (non-hydrogen) atoms. The van der Waals surface area contributed by atoms with E-state index in [1.807, 2.05) is 11.1 Å². The molecule has 3 aromatic carbocycles. The number of carbonyl (C=O) groups excluding carboxylic acids is 1. The van der Waals surface area contributed by atoms with Gasteiger partial charge in [-0.15, -0.1) is 0 Å². The molecule has 1 amide bonds. The number of fused-ring (bicyclic) bond motifs is 2. The van der Waals surface area contributed by atoms with Crippen molar-refractivity contribution in [3.8, 4) is 40.2 Å². The van der Waals surface area contributed by atoms with Crippen LogP contribution in [0.2, 0.25) is 0 Å². The Bertz CT molecular complexity index is 1410. The van der Waals surface area contributed by atoms with Crippen LogP contribution in [0.25, 0.3) is 0 Å². The molecule has 2 aliphatic rings. The van der Waals surface area contributed by atoms with Crippen LogP contribution in [0.4, 0.5) is 10.1 Å². The van der Waals surface area contributed by atoms with Crippen LogP contribution in [0, 0.1) is 5.82 Å². The molecule has 5 rings (SSSR count). The van der Waals surface area contributed by atoms with E-state index >= 15 is 0 Å². The minimum Gasteiger partial charge on any atom is -0.493 e. The maximum Gasteiger partial charge on any atom is 0.256 e. The molecule has 0 saturated carbocycles. The molecule has 1 atom stereocenters. The zero-order valence-electron chi connectivity index (χ0n) is 22.6. The quantitative estimate of drug-likeness (QED) is 0.278. The van der Waals surface area contributed by atoms with Gasteiger partial charge in [0.25, 0.3) is 5.91 Å². The van der Waals surface area contributed by atoms with Crippen LogP contribution in [0.15, 0.2) is 53.5 Å². The Balaban J connectivity index is 1.15. The lowest BCUT2D eigenvalue weighted by Crippen LogP contribution is -2.35. The lowest BCUT2D eigenvalue weighted by atomic mass is 10.1. The van der Waals surface area contributed by atoms with E-state index in [0.29, 0.717) is 65.4 Å². The molecule has 3 aromatic rings. The minimum atomic E-state index is -0.561. The van der Waals surface area contributed by atoms with Crippen molar-refractivity contribution in [2.24, 2.45) is 4.99 Å². The third-order valence-electron chi connectivity index (χ3n) is 6.76. The van der Waals surface area contributed by atoms with Gasteiger partial charge in [0.05, 0.1) is 51.8 Å². The Kier molecular flexibility index (Phi) is 8.23. The summed E-state index contributed by atoms with van der Waals surface area (Å²) in [5.41, 5.74) is 1.08. The molecule has 0 aliphatic carbocycles. The van der Waals surface area contributed by atoms with Gasteiger partial charge >= 0.3 is 0 Å². The Labute approximate surface area is 232 Å². The number of rotatable bonds is 11. The molecule has 1 fully saturated rings. The number of nitrogens with zero attached hydrogens (tertiary/aromatic N) is 2. The predicted octanol–water partition coefficient (Wildman–Crippen LogP) is 5.81. The molecule has 0 radical (unpaired) electrons. The van der Waals surface area contributed by atoms with Crippen molar-refractivity contribution in [3.05, 3.63) is 59.9 Å². The average molecular weight is 551 g/mol. The summed E-state index contributed by atoms with van der Waals surface area (Å²) in [7, 11) is 4.59. The van der Waals surface area contributed by atoms with Gasteiger partial charge in [0, 0.05) is 37.4 Å². The number of benzene rings is 3. The zero-order valence-corrected chi connectivity index (χ0v) is 22.6. The molecule has 0 spiro atoms. The molecule has 0 unspecified atom stereocenters. The van der Waals surface area contributed by atoms with E-state index in [4.69, 9.17) is 28.4 Å². The number of carbonyl (C=O) groups is 1. The van der Waals surface area contributed by atoms with Gasteiger partial charge in [-0.25, -0.2) is 4.39 Å². The molecular formula is C30H31FN2O7. The second-order valence-corrected chi connectivity index (χ2v) is 9.27. The summed E-state index contributed by atoms with van der Waals surface area (Å²) in [6.07, 6.45) is 4.26. The van der Waals surface area contributed by atoms with Crippen LogP contribution in [-0.2, 0) is 0 Å². The van der Waals surface area contributed by atoms with Crippen LogP contribution in [0.3, 0.4) is 0 Å². The monoisotopic (exact) mass is 550 g/mol. The molecular weight excluding hydrogens is 519 g/mol. The summed E-state index contributed by atoms with van der Waals surface area (Å²) >= 11 is 0. The largest absolute Gasteiger partial charge is 0.493 e. The number of ether oxygens (including phenoxy) is 6. The lowest BCUT2D eigenvalue weighted by Gasteiger charge is -2.20. The van der Waals surface area contributed by atoms with E-state index < -0.39 is 5.82 Å². The van der Waals surface area contributed by atoms with Gasteiger partial charge in [-0.3, -0.25) is 9.79 Å². The van der Waals surface area contributed by atoms with Crippen molar-refractivity contribution in [1.82, 2.24) is 4.90 Å². The Morgan fingerprint density at radius 3 is 2.35 bits per heavy atom. The Morgan fingerprint density at radius 1 is 0.850 bits per heavy atom. The van der Waals surface area contributed by atoms with Crippen molar-refractivity contribution >= 4 is 17.8 Å².